The van der Waals surface area contributed by atoms with E-state index >= 15 is 0 Å². The van der Waals surface area contributed by atoms with E-state index in [0.29, 0.717) is 5.75 Å². The summed E-state index contributed by atoms with van der Waals surface area (Å²) in [5.74, 6) is -0.295. The van der Waals surface area contributed by atoms with Gasteiger partial charge in [-0.25, -0.2) is 4.79 Å². The summed E-state index contributed by atoms with van der Waals surface area (Å²) in [7, 11) is 0. The van der Waals surface area contributed by atoms with Crippen molar-refractivity contribution < 1.29 is 14.7 Å². The summed E-state index contributed by atoms with van der Waals surface area (Å²) in [6, 6.07) is -0.654. The first-order chi connectivity index (χ1) is 7.90. The van der Waals surface area contributed by atoms with Crippen LogP contribution >= 0.6 is 11.8 Å². The molecule has 0 aromatic rings. The minimum atomic E-state index is -0.891. The molecule has 17 heavy (non-hydrogen) atoms. The Morgan fingerprint density at radius 1 is 1.41 bits per heavy atom. The van der Waals surface area contributed by atoms with Crippen LogP contribution in [0.25, 0.3) is 0 Å². The summed E-state index contributed by atoms with van der Waals surface area (Å²) in [5.41, 5.74) is 0. The molecule has 1 aliphatic rings. The molecule has 3 atom stereocenters. The van der Waals surface area contributed by atoms with E-state index < -0.39 is 12.0 Å². The van der Waals surface area contributed by atoms with Crippen LogP contribution in [0.5, 0.6) is 0 Å². The molecule has 0 aromatic carbocycles. The summed E-state index contributed by atoms with van der Waals surface area (Å²) >= 11 is 1.57. The molecule has 1 heterocycles. The number of carbonyl (C=O) groups is 2. The average Bonchev–Trinajstić information content (AvgIpc) is 2.70. The predicted octanol–water partition coefficient (Wildman–Crippen LogP) is 2.04. The van der Waals surface area contributed by atoms with E-state index in [-0.39, 0.29) is 23.1 Å². The second-order valence-corrected chi connectivity index (χ2v) is 6.04. The molecule has 1 aliphatic heterocycles. The van der Waals surface area contributed by atoms with Gasteiger partial charge < -0.3 is 10.0 Å². The number of hydrogen-bond acceptors (Lipinski definition) is 3. The second kappa shape index (κ2) is 5.76. The van der Waals surface area contributed by atoms with Gasteiger partial charge in [0.1, 0.15) is 6.04 Å². The van der Waals surface area contributed by atoms with E-state index in [1.807, 2.05) is 27.7 Å². The number of rotatable bonds is 4. The minimum absolute atomic E-state index is 0.0183. The highest BCUT2D eigenvalue weighted by Gasteiger charge is 2.42. The molecule has 0 bridgehead atoms. The highest BCUT2D eigenvalue weighted by atomic mass is 32.2. The third-order valence-electron chi connectivity index (χ3n) is 3.37. The lowest BCUT2D eigenvalue weighted by molar-refractivity contribution is -0.151. The summed E-state index contributed by atoms with van der Waals surface area (Å²) in [6.07, 6.45) is 0.797. The molecule has 3 unspecified atom stereocenters. The van der Waals surface area contributed by atoms with Crippen LogP contribution in [-0.2, 0) is 9.59 Å². The van der Waals surface area contributed by atoms with Gasteiger partial charge in [0.15, 0.2) is 0 Å². The minimum Gasteiger partial charge on any atom is -0.480 e. The number of carboxylic acid groups (broad SMARTS) is 1. The molecular formula is C12H21NO3S. The van der Waals surface area contributed by atoms with Gasteiger partial charge in [0.25, 0.3) is 0 Å². The van der Waals surface area contributed by atoms with Gasteiger partial charge in [-0.05, 0) is 12.3 Å². The van der Waals surface area contributed by atoms with Gasteiger partial charge in [-0.1, -0.05) is 27.7 Å². The fraction of sp³-hybridized carbons (Fsp3) is 0.833. The van der Waals surface area contributed by atoms with Gasteiger partial charge in [0.2, 0.25) is 5.91 Å². The van der Waals surface area contributed by atoms with E-state index in [9.17, 15) is 9.59 Å². The Kier molecular flexibility index (Phi) is 4.86. The van der Waals surface area contributed by atoms with Crippen molar-refractivity contribution in [3.05, 3.63) is 0 Å². The fourth-order valence-electron chi connectivity index (χ4n) is 1.88. The van der Waals surface area contributed by atoms with Gasteiger partial charge in [0.05, 0.1) is 5.37 Å². The van der Waals surface area contributed by atoms with Gasteiger partial charge in [-0.15, -0.1) is 11.8 Å². The maximum absolute atomic E-state index is 12.3. The molecule has 1 saturated heterocycles. The van der Waals surface area contributed by atoms with Crippen molar-refractivity contribution in [2.75, 3.05) is 5.75 Å². The molecule has 4 nitrogen and oxygen atoms in total. The quantitative estimate of drug-likeness (QED) is 0.839. The molecule has 0 aliphatic carbocycles. The molecule has 0 spiro atoms. The molecule has 1 amide bonds. The molecule has 1 N–H and O–H groups in total. The largest absolute Gasteiger partial charge is 0.480 e. The Bertz CT molecular complexity index is 306. The van der Waals surface area contributed by atoms with Gasteiger partial charge in [0, 0.05) is 11.7 Å². The average molecular weight is 259 g/mol. The molecule has 1 fully saturated rings. The van der Waals surface area contributed by atoms with Crippen molar-refractivity contribution >= 4 is 23.6 Å². The monoisotopic (exact) mass is 259 g/mol. The van der Waals surface area contributed by atoms with Gasteiger partial charge in [-0.3, -0.25) is 4.79 Å². The maximum Gasteiger partial charge on any atom is 0.327 e. The summed E-state index contributed by atoms with van der Waals surface area (Å²) < 4.78 is 0. The molecule has 1 rings (SSSR count). The molecule has 0 saturated carbocycles. The topological polar surface area (TPSA) is 57.6 Å². The number of carbonyl (C=O) groups excluding carboxylic acids is 1. The van der Waals surface area contributed by atoms with Crippen LogP contribution in [0.15, 0.2) is 0 Å². The van der Waals surface area contributed by atoms with Crippen molar-refractivity contribution in [2.24, 2.45) is 11.8 Å². The zero-order chi connectivity index (χ0) is 13.2. The van der Waals surface area contributed by atoms with Crippen molar-refractivity contribution in [3.63, 3.8) is 0 Å². The van der Waals surface area contributed by atoms with Gasteiger partial charge in [-0.2, -0.15) is 0 Å². The van der Waals surface area contributed by atoms with E-state index in [0.717, 1.165) is 6.42 Å². The third kappa shape index (κ3) is 2.94. The highest BCUT2D eigenvalue weighted by molar-refractivity contribution is 8.00. The van der Waals surface area contributed by atoms with Crippen molar-refractivity contribution in [3.8, 4) is 0 Å². The highest BCUT2D eigenvalue weighted by Crippen LogP contribution is 2.33. The first kappa shape index (κ1) is 14.4. The van der Waals surface area contributed by atoms with E-state index in [1.54, 1.807) is 16.7 Å². The SMILES string of the molecule is CCC1SCC(C(=O)O)N1C(=O)C(C)C(C)C. The number of amides is 1. The first-order valence-corrected chi connectivity index (χ1v) is 7.11. The van der Waals surface area contributed by atoms with Crippen LogP contribution in [0.2, 0.25) is 0 Å². The zero-order valence-corrected chi connectivity index (χ0v) is 11.7. The molecular weight excluding hydrogens is 238 g/mol. The lowest BCUT2D eigenvalue weighted by atomic mass is 9.96. The Labute approximate surface area is 107 Å². The van der Waals surface area contributed by atoms with E-state index in [4.69, 9.17) is 5.11 Å². The molecule has 98 valence electrons. The van der Waals surface area contributed by atoms with Gasteiger partial charge >= 0.3 is 5.97 Å². The van der Waals surface area contributed by atoms with E-state index in [2.05, 4.69) is 0 Å². The Morgan fingerprint density at radius 2 is 2.00 bits per heavy atom. The number of nitrogens with zero attached hydrogens (tertiary/aromatic N) is 1. The second-order valence-electron chi connectivity index (χ2n) is 4.83. The maximum atomic E-state index is 12.3. The van der Waals surface area contributed by atoms with Crippen molar-refractivity contribution in [1.29, 1.82) is 0 Å². The van der Waals surface area contributed by atoms with Crippen LogP contribution in [0.3, 0.4) is 0 Å². The normalized spacial score (nSPS) is 26.3. The number of aliphatic carboxylic acids is 1. The standard InChI is InChI=1S/C12H21NO3S/c1-5-10-13(9(6-17-10)12(15)16)11(14)8(4)7(2)3/h7-10H,5-6H2,1-4H3,(H,15,16). The predicted molar refractivity (Wildman–Crippen MR) is 68.8 cm³/mol. The van der Waals surface area contributed by atoms with Crippen LogP contribution in [0.4, 0.5) is 0 Å². The Morgan fingerprint density at radius 3 is 2.41 bits per heavy atom. The number of hydrogen-bond donors (Lipinski definition) is 1. The van der Waals surface area contributed by atoms with Crippen molar-refractivity contribution in [2.45, 2.75) is 45.5 Å². The van der Waals surface area contributed by atoms with Crippen LogP contribution in [0, 0.1) is 11.8 Å². The Hall–Kier alpha value is -0.710. The number of carboxylic acids is 1. The third-order valence-corrected chi connectivity index (χ3v) is 4.82. The Balaban J connectivity index is 2.88. The summed E-state index contributed by atoms with van der Waals surface area (Å²) in [4.78, 5) is 25.1. The fourth-order valence-corrected chi connectivity index (χ4v) is 3.24. The smallest absolute Gasteiger partial charge is 0.327 e. The first-order valence-electron chi connectivity index (χ1n) is 6.06. The zero-order valence-electron chi connectivity index (χ0n) is 10.8. The number of thioether (sulfide) groups is 1. The molecule has 5 heteroatoms. The van der Waals surface area contributed by atoms with Crippen LogP contribution in [0.1, 0.15) is 34.1 Å². The lowest BCUT2D eigenvalue weighted by Gasteiger charge is -2.30. The summed E-state index contributed by atoms with van der Waals surface area (Å²) in [6.45, 7) is 7.84. The van der Waals surface area contributed by atoms with Crippen molar-refractivity contribution in [1.82, 2.24) is 4.90 Å². The van der Waals surface area contributed by atoms with Crippen LogP contribution < -0.4 is 0 Å². The summed E-state index contributed by atoms with van der Waals surface area (Å²) in [5, 5.41) is 9.18. The van der Waals surface area contributed by atoms with E-state index in [1.165, 1.54) is 0 Å². The van der Waals surface area contributed by atoms with Crippen LogP contribution in [-0.4, -0.2) is 39.1 Å². The lowest BCUT2D eigenvalue weighted by Crippen LogP contribution is -2.48. The molecule has 0 radical (unpaired) electrons. The molecule has 0 aromatic heterocycles.